The van der Waals surface area contributed by atoms with Gasteiger partial charge in [-0.25, -0.2) is 0 Å². The second-order valence-corrected chi connectivity index (χ2v) is 6.27. The fourth-order valence-electron chi connectivity index (χ4n) is 1.49. The zero-order valence-electron chi connectivity index (χ0n) is 11.7. The normalized spacial score (nSPS) is 14.3. The Morgan fingerprint density at radius 2 is 1.79 bits per heavy atom. The predicted octanol–water partition coefficient (Wildman–Crippen LogP) is 3.33. The van der Waals surface area contributed by atoms with Crippen molar-refractivity contribution in [3.8, 4) is 6.07 Å². The van der Waals surface area contributed by atoms with Gasteiger partial charge in [-0.1, -0.05) is 44.5 Å². The van der Waals surface area contributed by atoms with Gasteiger partial charge in [0.2, 0.25) is 5.91 Å². The zero-order valence-corrected chi connectivity index (χ0v) is 12.5. The third-order valence-corrected chi connectivity index (χ3v) is 3.64. The number of halogens is 1. The van der Waals surface area contributed by atoms with Crippen molar-refractivity contribution in [2.24, 2.45) is 5.41 Å². The van der Waals surface area contributed by atoms with Gasteiger partial charge in [0, 0.05) is 5.02 Å². The standard InChI is InChI=1S/C15H19ClN2O/c1-14(2,3)15(4,10-17)18-13(19)9-11-5-7-12(16)8-6-11/h5-8H,9H2,1-4H3,(H,18,19). The van der Waals surface area contributed by atoms with Crippen LogP contribution in [0.2, 0.25) is 5.02 Å². The molecule has 0 radical (unpaired) electrons. The molecule has 1 aromatic rings. The van der Waals surface area contributed by atoms with Gasteiger partial charge in [-0.05, 0) is 30.0 Å². The van der Waals surface area contributed by atoms with Crippen LogP contribution < -0.4 is 5.32 Å². The lowest BCUT2D eigenvalue weighted by Crippen LogP contribution is -2.54. The number of hydrogen-bond acceptors (Lipinski definition) is 2. The molecule has 0 aromatic heterocycles. The molecule has 1 aromatic carbocycles. The van der Waals surface area contributed by atoms with Crippen molar-refractivity contribution in [1.82, 2.24) is 5.32 Å². The average Bonchev–Trinajstić information content (AvgIpc) is 2.30. The van der Waals surface area contributed by atoms with E-state index >= 15 is 0 Å². The molecule has 0 fully saturated rings. The highest BCUT2D eigenvalue weighted by Crippen LogP contribution is 2.29. The fraction of sp³-hybridized carbons (Fsp3) is 0.467. The summed E-state index contributed by atoms with van der Waals surface area (Å²) in [5, 5.41) is 12.7. The third-order valence-electron chi connectivity index (χ3n) is 3.39. The van der Waals surface area contributed by atoms with Crippen LogP contribution in [0.15, 0.2) is 24.3 Å². The van der Waals surface area contributed by atoms with Crippen molar-refractivity contribution in [2.75, 3.05) is 0 Å². The predicted molar refractivity (Wildman–Crippen MR) is 76.8 cm³/mol. The van der Waals surface area contributed by atoms with Gasteiger partial charge in [0.1, 0.15) is 5.54 Å². The van der Waals surface area contributed by atoms with E-state index in [1.807, 2.05) is 32.9 Å². The smallest absolute Gasteiger partial charge is 0.225 e. The highest BCUT2D eigenvalue weighted by molar-refractivity contribution is 6.30. The van der Waals surface area contributed by atoms with E-state index in [2.05, 4.69) is 11.4 Å². The summed E-state index contributed by atoms with van der Waals surface area (Å²) in [6.07, 6.45) is 0.241. The quantitative estimate of drug-likeness (QED) is 0.922. The third kappa shape index (κ3) is 3.97. The maximum atomic E-state index is 12.0. The van der Waals surface area contributed by atoms with Gasteiger partial charge in [-0.2, -0.15) is 5.26 Å². The van der Waals surface area contributed by atoms with E-state index in [-0.39, 0.29) is 17.7 Å². The van der Waals surface area contributed by atoms with Gasteiger partial charge in [0.15, 0.2) is 0 Å². The van der Waals surface area contributed by atoms with Crippen LogP contribution >= 0.6 is 11.6 Å². The average molecular weight is 279 g/mol. The minimum Gasteiger partial charge on any atom is -0.337 e. The number of nitrogens with one attached hydrogen (secondary N) is 1. The Bertz CT molecular complexity index is 496. The number of nitriles is 1. The molecule has 0 aliphatic carbocycles. The van der Waals surface area contributed by atoms with E-state index in [0.29, 0.717) is 5.02 Å². The van der Waals surface area contributed by atoms with Gasteiger partial charge in [0.05, 0.1) is 12.5 Å². The molecule has 1 unspecified atom stereocenters. The van der Waals surface area contributed by atoms with Crippen LogP contribution in [-0.4, -0.2) is 11.4 Å². The second-order valence-electron chi connectivity index (χ2n) is 5.84. The largest absolute Gasteiger partial charge is 0.337 e. The van der Waals surface area contributed by atoms with Crippen LogP contribution in [0.3, 0.4) is 0 Å². The van der Waals surface area contributed by atoms with Crippen molar-refractivity contribution < 1.29 is 4.79 Å². The monoisotopic (exact) mass is 278 g/mol. The van der Waals surface area contributed by atoms with Gasteiger partial charge in [-0.15, -0.1) is 0 Å². The summed E-state index contributed by atoms with van der Waals surface area (Å²) in [4.78, 5) is 12.0. The number of carbonyl (C=O) groups excluding carboxylic acids is 1. The van der Waals surface area contributed by atoms with E-state index in [0.717, 1.165) is 5.56 Å². The highest BCUT2D eigenvalue weighted by Gasteiger charge is 2.38. The van der Waals surface area contributed by atoms with Crippen LogP contribution in [-0.2, 0) is 11.2 Å². The minimum absolute atomic E-state index is 0.165. The molecule has 0 saturated heterocycles. The molecule has 3 nitrogen and oxygen atoms in total. The van der Waals surface area contributed by atoms with Crippen LogP contribution in [0, 0.1) is 16.7 Å². The van der Waals surface area contributed by atoms with Crippen molar-refractivity contribution in [3.05, 3.63) is 34.9 Å². The number of hydrogen-bond donors (Lipinski definition) is 1. The Hall–Kier alpha value is -1.53. The summed E-state index contributed by atoms with van der Waals surface area (Å²) in [5.74, 6) is -0.165. The molecule has 0 heterocycles. The number of amides is 1. The molecule has 1 N–H and O–H groups in total. The number of benzene rings is 1. The molecule has 0 aliphatic heterocycles. The summed E-state index contributed by atoms with van der Waals surface area (Å²) in [5.41, 5.74) is -0.357. The van der Waals surface area contributed by atoms with Gasteiger partial charge in [0.25, 0.3) is 0 Å². The van der Waals surface area contributed by atoms with Crippen LogP contribution in [0.5, 0.6) is 0 Å². The molecule has 0 spiro atoms. The Labute approximate surface area is 119 Å². The van der Waals surface area contributed by atoms with E-state index in [4.69, 9.17) is 11.6 Å². The summed E-state index contributed by atoms with van der Waals surface area (Å²) >= 11 is 5.79. The fourth-order valence-corrected chi connectivity index (χ4v) is 1.62. The molecule has 102 valence electrons. The van der Waals surface area contributed by atoms with E-state index < -0.39 is 5.54 Å². The summed E-state index contributed by atoms with van der Waals surface area (Å²) < 4.78 is 0. The van der Waals surface area contributed by atoms with Crippen molar-refractivity contribution in [2.45, 2.75) is 39.7 Å². The first-order chi connectivity index (χ1) is 8.68. The van der Waals surface area contributed by atoms with E-state index in [9.17, 15) is 10.1 Å². The van der Waals surface area contributed by atoms with Crippen molar-refractivity contribution in [1.29, 1.82) is 5.26 Å². The number of nitrogens with zero attached hydrogens (tertiary/aromatic N) is 1. The molecule has 19 heavy (non-hydrogen) atoms. The van der Waals surface area contributed by atoms with E-state index in [1.54, 1.807) is 19.1 Å². The molecular formula is C15H19ClN2O. The van der Waals surface area contributed by atoms with Crippen LogP contribution in [0.4, 0.5) is 0 Å². The Balaban J connectivity index is 2.75. The van der Waals surface area contributed by atoms with Crippen LogP contribution in [0.25, 0.3) is 0 Å². The van der Waals surface area contributed by atoms with Crippen molar-refractivity contribution >= 4 is 17.5 Å². The topological polar surface area (TPSA) is 52.9 Å². The zero-order chi connectivity index (χ0) is 14.7. The Morgan fingerprint density at radius 1 is 1.26 bits per heavy atom. The summed E-state index contributed by atoms with van der Waals surface area (Å²) in [6, 6.07) is 9.30. The molecule has 4 heteroatoms. The molecule has 0 bridgehead atoms. The van der Waals surface area contributed by atoms with E-state index in [1.165, 1.54) is 0 Å². The SMILES string of the molecule is CC(C)(C)C(C)(C#N)NC(=O)Cc1ccc(Cl)cc1. The number of carbonyl (C=O) groups is 1. The van der Waals surface area contributed by atoms with Crippen LogP contribution in [0.1, 0.15) is 33.3 Å². The minimum atomic E-state index is -0.892. The molecule has 1 atom stereocenters. The maximum Gasteiger partial charge on any atom is 0.225 e. The van der Waals surface area contributed by atoms with Gasteiger partial charge in [-0.3, -0.25) is 4.79 Å². The van der Waals surface area contributed by atoms with Crippen molar-refractivity contribution in [3.63, 3.8) is 0 Å². The first kappa shape index (κ1) is 15.5. The first-order valence-electron chi connectivity index (χ1n) is 6.15. The summed E-state index contributed by atoms with van der Waals surface area (Å²) in [6.45, 7) is 7.53. The molecule has 0 saturated carbocycles. The Morgan fingerprint density at radius 3 is 2.21 bits per heavy atom. The molecule has 1 amide bonds. The van der Waals surface area contributed by atoms with Gasteiger partial charge < -0.3 is 5.32 Å². The highest BCUT2D eigenvalue weighted by atomic mass is 35.5. The second kappa shape index (κ2) is 5.63. The molecular weight excluding hydrogens is 260 g/mol. The summed E-state index contributed by atoms with van der Waals surface area (Å²) in [7, 11) is 0. The lowest BCUT2D eigenvalue weighted by Gasteiger charge is -2.36. The number of rotatable bonds is 3. The first-order valence-corrected chi connectivity index (χ1v) is 6.52. The maximum absolute atomic E-state index is 12.0. The molecule has 1 rings (SSSR count). The lowest BCUT2D eigenvalue weighted by molar-refractivity contribution is -0.122. The van der Waals surface area contributed by atoms with Gasteiger partial charge >= 0.3 is 0 Å². The Kier molecular flexibility index (Phi) is 4.60. The lowest BCUT2D eigenvalue weighted by atomic mass is 9.76. The molecule has 0 aliphatic rings.